The van der Waals surface area contributed by atoms with Gasteiger partial charge in [-0.05, 0) is 42.5 Å². The Bertz CT molecular complexity index is 599. The quantitative estimate of drug-likeness (QED) is 0.680. The van der Waals surface area contributed by atoms with Gasteiger partial charge in [-0.3, -0.25) is 0 Å². The molecular formula is C14H12BrNO2S. The molecule has 0 unspecified atom stereocenters. The van der Waals surface area contributed by atoms with Gasteiger partial charge in [0, 0.05) is 20.0 Å². The monoisotopic (exact) mass is 337 g/mol. The van der Waals surface area contributed by atoms with E-state index in [1.165, 1.54) is 18.9 Å². The zero-order chi connectivity index (χ0) is 13.8. The summed E-state index contributed by atoms with van der Waals surface area (Å²) in [6.45, 7) is 0. The van der Waals surface area contributed by atoms with Crippen LogP contribution in [0.5, 0.6) is 0 Å². The van der Waals surface area contributed by atoms with Crippen molar-refractivity contribution in [2.24, 2.45) is 0 Å². The number of benzene rings is 2. The van der Waals surface area contributed by atoms with Crippen LogP contribution in [-0.4, -0.2) is 13.1 Å². The molecule has 0 aromatic heterocycles. The van der Waals surface area contributed by atoms with E-state index in [0.717, 1.165) is 14.3 Å². The van der Waals surface area contributed by atoms with Crippen molar-refractivity contribution in [1.82, 2.24) is 0 Å². The molecule has 0 aliphatic heterocycles. The minimum absolute atomic E-state index is 0.348. The number of hydrogen-bond acceptors (Lipinski definition) is 4. The van der Waals surface area contributed by atoms with E-state index < -0.39 is 0 Å². The highest BCUT2D eigenvalue weighted by atomic mass is 79.9. The minimum Gasteiger partial charge on any atom is -0.465 e. The van der Waals surface area contributed by atoms with Gasteiger partial charge in [0.15, 0.2) is 0 Å². The highest BCUT2D eigenvalue weighted by molar-refractivity contribution is 9.10. The number of esters is 1. The fraction of sp³-hybridized carbons (Fsp3) is 0.0714. The van der Waals surface area contributed by atoms with Crippen LogP contribution in [0.1, 0.15) is 10.4 Å². The number of nitrogen functional groups attached to an aromatic ring is 1. The average molecular weight is 338 g/mol. The molecule has 0 aliphatic rings. The van der Waals surface area contributed by atoms with Crippen molar-refractivity contribution in [3.8, 4) is 0 Å². The van der Waals surface area contributed by atoms with Crippen LogP contribution in [0, 0.1) is 0 Å². The van der Waals surface area contributed by atoms with Crippen molar-refractivity contribution < 1.29 is 9.53 Å². The second-order valence-electron chi connectivity index (χ2n) is 3.80. The fourth-order valence-corrected chi connectivity index (χ4v) is 2.80. The molecule has 0 heterocycles. The van der Waals surface area contributed by atoms with E-state index in [-0.39, 0.29) is 5.97 Å². The molecule has 98 valence electrons. The summed E-state index contributed by atoms with van der Waals surface area (Å²) < 4.78 is 5.64. The Morgan fingerprint density at radius 1 is 1.21 bits per heavy atom. The number of nitrogens with two attached hydrogens (primary N) is 1. The largest absolute Gasteiger partial charge is 0.465 e. The Morgan fingerprint density at radius 2 is 1.89 bits per heavy atom. The van der Waals surface area contributed by atoms with Gasteiger partial charge in [-0.2, -0.15) is 0 Å². The molecular weight excluding hydrogens is 326 g/mol. The maximum atomic E-state index is 11.8. The van der Waals surface area contributed by atoms with Crippen LogP contribution in [0.25, 0.3) is 0 Å². The van der Waals surface area contributed by atoms with Gasteiger partial charge < -0.3 is 10.5 Å². The zero-order valence-corrected chi connectivity index (χ0v) is 12.6. The molecule has 0 aliphatic carbocycles. The number of carbonyl (C=O) groups is 1. The van der Waals surface area contributed by atoms with E-state index >= 15 is 0 Å². The topological polar surface area (TPSA) is 52.3 Å². The molecule has 0 spiro atoms. The summed E-state index contributed by atoms with van der Waals surface area (Å²) in [5.74, 6) is -0.348. The number of halogens is 1. The lowest BCUT2D eigenvalue weighted by molar-refractivity contribution is 0.0596. The second kappa shape index (κ2) is 6.12. The molecule has 0 amide bonds. The Hall–Kier alpha value is -1.46. The van der Waals surface area contributed by atoms with Crippen LogP contribution < -0.4 is 5.73 Å². The molecule has 2 N–H and O–H groups in total. The molecule has 2 rings (SSSR count). The van der Waals surface area contributed by atoms with Crippen LogP contribution in [0.15, 0.2) is 56.7 Å². The summed E-state index contributed by atoms with van der Waals surface area (Å²) >= 11 is 4.85. The number of rotatable bonds is 3. The molecule has 2 aromatic carbocycles. The number of hydrogen-bond donors (Lipinski definition) is 1. The fourth-order valence-electron chi connectivity index (χ4n) is 1.52. The van der Waals surface area contributed by atoms with Gasteiger partial charge in [-0.1, -0.05) is 27.7 Å². The number of carbonyl (C=O) groups excluding carboxylic acids is 1. The molecule has 2 aromatic rings. The van der Waals surface area contributed by atoms with Gasteiger partial charge in [0.2, 0.25) is 0 Å². The molecule has 0 radical (unpaired) electrons. The van der Waals surface area contributed by atoms with Crippen molar-refractivity contribution >= 4 is 39.3 Å². The second-order valence-corrected chi connectivity index (χ2v) is 5.83. The SMILES string of the molecule is COC(=O)c1cc(Br)ccc1Sc1ccc(N)cc1. The van der Waals surface area contributed by atoms with Gasteiger partial charge >= 0.3 is 5.97 Å². The first-order valence-corrected chi connectivity index (χ1v) is 7.12. The van der Waals surface area contributed by atoms with E-state index in [0.29, 0.717) is 11.3 Å². The predicted octanol–water partition coefficient (Wildman–Crippen LogP) is 3.97. The first kappa shape index (κ1) is 14.0. The van der Waals surface area contributed by atoms with E-state index in [1.54, 1.807) is 6.07 Å². The molecule has 0 bridgehead atoms. The van der Waals surface area contributed by atoms with Crippen molar-refractivity contribution in [2.75, 3.05) is 12.8 Å². The van der Waals surface area contributed by atoms with Crippen LogP contribution >= 0.6 is 27.7 Å². The van der Waals surface area contributed by atoms with Crippen LogP contribution in [0.2, 0.25) is 0 Å². The molecule has 0 saturated heterocycles. The molecule has 0 atom stereocenters. The number of ether oxygens (including phenoxy) is 1. The van der Waals surface area contributed by atoms with Crippen molar-refractivity contribution in [1.29, 1.82) is 0 Å². The molecule has 0 saturated carbocycles. The summed E-state index contributed by atoms with van der Waals surface area (Å²) in [7, 11) is 1.38. The highest BCUT2D eigenvalue weighted by Gasteiger charge is 2.13. The van der Waals surface area contributed by atoms with Crippen molar-refractivity contribution in [3.05, 3.63) is 52.5 Å². The Morgan fingerprint density at radius 3 is 2.53 bits per heavy atom. The molecule has 5 heteroatoms. The zero-order valence-electron chi connectivity index (χ0n) is 10.2. The summed E-state index contributed by atoms with van der Waals surface area (Å²) in [5.41, 5.74) is 6.91. The first-order valence-electron chi connectivity index (χ1n) is 5.51. The molecule has 3 nitrogen and oxygen atoms in total. The lowest BCUT2D eigenvalue weighted by Crippen LogP contribution is -2.03. The number of anilines is 1. The maximum absolute atomic E-state index is 11.8. The average Bonchev–Trinajstić information content (AvgIpc) is 2.42. The summed E-state index contributed by atoms with van der Waals surface area (Å²) in [6.07, 6.45) is 0. The smallest absolute Gasteiger partial charge is 0.339 e. The predicted molar refractivity (Wildman–Crippen MR) is 80.5 cm³/mol. The third kappa shape index (κ3) is 3.52. The summed E-state index contributed by atoms with van der Waals surface area (Å²) in [4.78, 5) is 13.6. The summed E-state index contributed by atoms with van der Waals surface area (Å²) in [5, 5.41) is 0. The standard InChI is InChI=1S/C14H12BrNO2S/c1-18-14(17)12-8-9(15)2-7-13(12)19-11-5-3-10(16)4-6-11/h2-8H,16H2,1H3. The first-order chi connectivity index (χ1) is 9.10. The van der Waals surface area contributed by atoms with E-state index in [1.807, 2.05) is 36.4 Å². The van der Waals surface area contributed by atoms with Crippen LogP contribution in [0.4, 0.5) is 5.69 Å². The van der Waals surface area contributed by atoms with Gasteiger partial charge in [-0.15, -0.1) is 0 Å². The number of methoxy groups -OCH3 is 1. The summed E-state index contributed by atoms with van der Waals surface area (Å²) in [6, 6.07) is 13.0. The minimum atomic E-state index is -0.348. The van der Waals surface area contributed by atoms with Crippen LogP contribution in [-0.2, 0) is 4.74 Å². The van der Waals surface area contributed by atoms with Gasteiger partial charge in [0.25, 0.3) is 0 Å². The third-order valence-electron chi connectivity index (χ3n) is 2.45. The Labute approximate surface area is 124 Å². The van der Waals surface area contributed by atoms with E-state index in [9.17, 15) is 4.79 Å². The molecule has 0 fully saturated rings. The normalized spacial score (nSPS) is 10.2. The Balaban J connectivity index is 2.34. The maximum Gasteiger partial charge on any atom is 0.339 e. The van der Waals surface area contributed by atoms with Crippen LogP contribution in [0.3, 0.4) is 0 Å². The third-order valence-corrected chi connectivity index (χ3v) is 4.03. The lowest BCUT2D eigenvalue weighted by Gasteiger charge is -2.08. The van der Waals surface area contributed by atoms with Gasteiger partial charge in [0.1, 0.15) is 0 Å². The van der Waals surface area contributed by atoms with Gasteiger partial charge in [0.05, 0.1) is 12.7 Å². The van der Waals surface area contributed by atoms with E-state index in [2.05, 4.69) is 15.9 Å². The highest BCUT2D eigenvalue weighted by Crippen LogP contribution is 2.32. The van der Waals surface area contributed by atoms with Crippen molar-refractivity contribution in [2.45, 2.75) is 9.79 Å². The Kier molecular flexibility index (Phi) is 4.50. The van der Waals surface area contributed by atoms with Crippen molar-refractivity contribution in [3.63, 3.8) is 0 Å². The van der Waals surface area contributed by atoms with Gasteiger partial charge in [-0.25, -0.2) is 4.79 Å². The van der Waals surface area contributed by atoms with E-state index in [4.69, 9.17) is 10.5 Å². The molecule has 19 heavy (non-hydrogen) atoms. The lowest BCUT2D eigenvalue weighted by atomic mass is 10.2.